The molecule has 1 heterocycles. The van der Waals surface area contributed by atoms with E-state index < -0.39 is 0 Å². The average molecular weight is 291 g/mol. The first-order valence-corrected chi connectivity index (χ1v) is 7.02. The van der Waals surface area contributed by atoms with Gasteiger partial charge in [-0.15, -0.1) is 0 Å². The van der Waals surface area contributed by atoms with Gasteiger partial charge in [0.25, 0.3) is 0 Å². The summed E-state index contributed by atoms with van der Waals surface area (Å²) < 4.78 is 0. The van der Waals surface area contributed by atoms with Crippen LogP contribution in [0.2, 0.25) is 0 Å². The summed E-state index contributed by atoms with van der Waals surface area (Å²) in [5.41, 5.74) is 0.699. The van der Waals surface area contributed by atoms with Gasteiger partial charge in [-0.1, -0.05) is 11.8 Å². The number of carbonyl (C=O) groups excluding carboxylic acids is 1. The highest BCUT2D eigenvalue weighted by molar-refractivity contribution is 8.03. The lowest BCUT2D eigenvalue weighted by Gasteiger charge is -2.04. The predicted molar refractivity (Wildman–Crippen MR) is 73.6 cm³/mol. The molecule has 0 radical (unpaired) electrons. The Morgan fingerprint density at radius 2 is 2.21 bits per heavy atom. The SMILES string of the molecule is N#CSc1ccc(NC(=O)CSc2ncn[nH]2)cc1. The van der Waals surface area contributed by atoms with Crippen molar-refractivity contribution in [2.45, 2.75) is 10.1 Å². The summed E-state index contributed by atoms with van der Waals surface area (Å²) in [4.78, 5) is 16.4. The van der Waals surface area contributed by atoms with Gasteiger partial charge >= 0.3 is 0 Å². The van der Waals surface area contributed by atoms with Gasteiger partial charge in [0, 0.05) is 10.6 Å². The Labute approximate surface area is 118 Å². The molecule has 0 aliphatic heterocycles. The van der Waals surface area contributed by atoms with E-state index in [1.54, 1.807) is 24.3 Å². The zero-order chi connectivity index (χ0) is 13.5. The fourth-order valence-electron chi connectivity index (χ4n) is 1.25. The Morgan fingerprint density at radius 1 is 1.42 bits per heavy atom. The normalized spacial score (nSPS) is 9.84. The molecule has 0 saturated carbocycles. The maximum Gasteiger partial charge on any atom is 0.234 e. The third kappa shape index (κ3) is 4.31. The van der Waals surface area contributed by atoms with E-state index in [1.165, 1.54) is 18.1 Å². The molecular formula is C11H9N5OS2. The van der Waals surface area contributed by atoms with Crippen LogP contribution in [0.25, 0.3) is 0 Å². The molecule has 1 aromatic heterocycles. The van der Waals surface area contributed by atoms with Crippen molar-refractivity contribution in [1.82, 2.24) is 15.2 Å². The molecule has 2 rings (SSSR count). The second-order valence-corrected chi connectivity index (χ2v) is 5.17. The molecule has 0 unspecified atom stereocenters. The molecule has 0 bridgehead atoms. The van der Waals surface area contributed by atoms with E-state index in [2.05, 4.69) is 20.5 Å². The van der Waals surface area contributed by atoms with Gasteiger partial charge in [0.05, 0.1) is 5.75 Å². The van der Waals surface area contributed by atoms with E-state index in [0.29, 0.717) is 10.8 Å². The predicted octanol–water partition coefficient (Wildman–Crippen LogP) is 2.11. The largest absolute Gasteiger partial charge is 0.325 e. The molecular weight excluding hydrogens is 282 g/mol. The first-order chi connectivity index (χ1) is 9.28. The fourth-order valence-corrected chi connectivity index (χ4v) is 2.21. The van der Waals surface area contributed by atoms with E-state index in [0.717, 1.165) is 16.7 Å². The van der Waals surface area contributed by atoms with E-state index in [4.69, 9.17) is 5.26 Å². The van der Waals surface area contributed by atoms with Crippen molar-refractivity contribution >= 4 is 35.1 Å². The van der Waals surface area contributed by atoms with Gasteiger partial charge < -0.3 is 5.32 Å². The lowest BCUT2D eigenvalue weighted by atomic mass is 10.3. The third-order valence-corrected chi connectivity index (χ3v) is 3.51. The minimum Gasteiger partial charge on any atom is -0.325 e. The second kappa shape index (κ2) is 6.82. The van der Waals surface area contributed by atoms with Crippen molar-refractivity contribution in [2.24, 2.45) is 0 Å². The molecule has 0 aliphatic carbocycles. The number of thioether (sulfide) groups is 2. The highest BCUT2D eigenvalue weighted by atomic mass is 32.2. The monoisotopic (exact) mass is 291 g/mol. The number of hydrogen-bond acceptors (Lipinski definition) is 6. The van der Waals surface area contributed by atoms with E-state index in [9.17, 15) is 4.79 Å². The average Bonchev–Trinajstić information content (AvgIpc) is 2.92. The maximum absolute atomic E-state index is 11.7. The van der Waals surface area contributed by atoms with Gasteiger partial charge in [0.2, 0.25) is 5.91 Å². The highest BCUT2D eigenvalue weighted by Gasteiger charge is 2.05. The number of anilines is 1. The lowest BCUT2D eigenvalue weighted by Crippen LogP contribution is -2.13. The van der Waals surface area contributed by atoms with Gasteiger partial charge in [0.15, 0.2) is 5.16 Å². The van der Waals surface area contributed by atoms with Gasteiger partial charge in [-0.3, -0.25) is 9.89 Å². The number of rotatable bonds is 5. The smallest absolute Gasteiger partial charge is 0.234 e. The van der Waals surface area contributed by atoms with Crippen molar-refractivity contribution in [1.29, 1.82) is 5.26 Å². The van der Waals surface area contributed by atoms with E-state index >= 15 is 0 Å². The van der Waals surface area contributed by atoms with Crippen molar-refractivity contribution in [3.63, 3.8) is 0 Å². The minimum absolute atomic E-state index is 0.123. The first kappa shape index (κ1) is 13.5. The van der Waals surface area contributed by atoms with Gasteiger partial charge in [-0.05, 0) is 36.0 Å². The number of nitriles is 1. The first-order valence-electron chi connectivity index (χ1n) is 5.22. The number of thiocyanates is 1. The Kier molecular flexibility index (Phi) is 4.83. The zero-order valence-electron chi connectivity index (χ0n) is 9.66. The molecule has 0 spiro atoms. The number of nitrogens with one attached hydrogen (secondary N) is 2. The number of carbonyl (C=O) groups is 1. The molecule has 1 amide bonds. The van der Waals surface area contributed by atoms with Crippen LogP contribution in [0.1, 0.15) is 0 Å². The second-order valence-electron chi connectivity index (χ2n) is 3.35. The number of H-pyrrole nitrogens is 1. The molecule has 0 atom stereocenters. The number of hydrogen-bond donors (Lipinski definition) is 2. The van der Waals surface area contributed by atoms with Crippen LogP contribution in [0.15, 0.2) is 40.6 Å². The molecule has 2 aromatic rings. The van der Waals surface area contributed by atoms with Crippen LogP contribution >= 0.6 is 23.5 Å². The molecule has 2 N–H and O–H groups in total. The van der Waals surface area contributed by atoms with Crippen molar-refractivity contribution in [3.8, 4) is 5.40 Å². The van der Waals surface area contributed by atoms with E-state index in [1.807, 2.05) is 5.40 Å². The number of aromatic nitrogens is 3. The number of aromatic amines is 1. The van der Waals surface area contributed by atoms with E-state index in [-0.39, 0.29) is 11.7 Å². The Hall–Kier alpha value is -1.98. The molecule has 96 valence electrons. The molecule has 0 aliphatic rings. The summed E-state index contributed by atoms with van der Waals surface area (Å²) in [6.45, 7) is 0. The maximum atomic E-state index is 11.7. The number of amides is 1. The van der Waals surface area contributed by atoms with Crippen LogP contribution in [0.5, 0.6) is 0 Å². The zero-order valence-corrected chi connectivity index (χ0v) is 11.3. The molecule has 0 fully saturated rings. The Balaban J connectivity index is 1.83. The van der Waals surface area contributed by atoms with Crippen molar-refractivity contribution in [2.75, 3.05) is 11.1 Å². The van der Waals surface area contributed by atoms with Crippen LogP contribution in [0.4, 0.5) is 5.69 Å². The van der Waals surface area contributed by atoms with Crippen LogP contribution in [0, 0.1) is 10.7 Å². The highest BCUT2D eigenvalue weighted by Crippen LogP contribution is 2.19. The summed E-state index contributed by atoms with van der Waals surface area (Å²) >= 11 is 2.36. The van der Waals surface area contributed by atoms with Crippen molar-refractivity contribution < 1.29 is 4.79 Å². The van der Waals surface area contributed by atoms with Crippen LogP contribution in [-0.4, -0.2) is 26.8 Å². The van der Waals surface area contributed by atoms with Crippen molar-refractivity contribution in [3.05, 3.63) is 30.6 Å². The van der Waals surface area contributed by atoms with Gasteiger partial charge in [-0.2, -0.15) is 10.4 Å². The summed E-state index contributed by atoms with van der Waals surface area (Å²) in [6, 6.07) is 7.09. The Bertz CT molecular complexity index is 576. The van der Waals surface area contributed by atoms with Crippen LogP contribution in [-0.2, 0) is 4.79 Å². The quantitative estimate of drug-likeness (QED) is 0.647. The third-order valence-electron chi connectivity index (χ3n) is 2.03. The molecule has 0 saturated heterocycles. The number of nitrogens with zero attached hydrogens (tertiary/aromatic N) is 3. The standard InChI is InChI=1S/C11H9N5OS2/c12-6-19-9-3-1-8(2-4-9)15-10(17)5-18-11-13-7-14-16-11/h1-4,7H,5H2,(H,15,17)(H,13,14,16). The summed E-state index contributed by atoms with van der Waals surface area (Å²) in [5.74, 6) is 0.131. The minimum atomic E-state index is -0.123. The molecule has 19 heavy (non-hydrogen) atoms. The van der Waals surface area contributed by atoms with Crippen LogP contribution < -0.4 is 5.32 Å². The molecule has 1 aromatic carbocycles. The van der Waals surface area contributed by atoms with Gasteiger partial charge in [0.1, 0.15) is 11.7 Å². The summed E-state index contributed by atoms with van der Waals surface area (Å²) in [7, 11) is 0. The van der Waals surface area contributed by atoms with Gasteiger partial charge in [-0.25, -0.2) is 4.98 Å². The summed E-state index contributed by atoms with van der Waals surface area (Å²) in [6.07, 6.45) is 1.39. The summed E-state index contributed by atoms with van der Waals surface area (Å²) in [5, 5.41) is 20.2. The van der Waals surface area contributed by atoms with Crippen LogP contribution in [0.3, 0.4) is 0 Å². The number of benzene rings is 1. The lowest BCUT2D eigenvalue weighted by molar-refractivity contribution is -0.113. The molecule has 6 nitrogen and oxygen atoms in total. The Morgan fingerprint density at radius 3 is 2.84 bits per heavy atom. The molecule has 8 heteroatoms. The topological polar surface area (TPSA) is 94.5 Å². The fraction of sp³-hybridized carbons (Fsp3) is 0.0909.